The van der Waals surface area contributed by atoms with Crippen molar-refractivity contribution in [1.29, 1.82) is 5.26 Å². The predicted octanol–water partition coefficient (Wildman–Crippen LogP) is 2.23. The van der Waals surface area contributed by atoms with Gasteiger partial charge in [-0.3, -0.25) is 4.79 Å². The fourth-order valence-corrected chi connectivity index (χ4v) is 1.02. The summed E-state index contributed by atoms with van der Waals surface area (Å²) in [5.74, 6) is -0.603. The second kappa shape index (κ2) is 5.11. The first kappa shape index (κ1) is 14.6. The van der Waals surface area contributed by atoms with Gasteiger partial charge in [0.25, 0.3) is 0 Å². The molecule has 0 amide bonds. The molecule has 0 unspecified atom stereocenters. The van der Waals surface area contributed by atoms with Gasteiger partial charge in [0, 0.05) is 6.42 Å². The molecule has 0 aromatic rings. The van der Waals surface area contributed by atoms with E-state index in [0.29, 0.717) is 0 Å². The van der Waals surface area contributed by atoms with Gasteiger partial charge in [-0.15, -0.1) is 0 Å². The van der Waals surface area contributed by atoms with Crippen LogP contribution in [0.1, 0.15) is 47.5 Å². The molecule has 0 N–H and O–H groups in total. The summed E-state index contributed by atoms with van der Waals surface area (Å²) in [4.78, 5) is 22.6. The van der Waals surface area contributed by atoms with E-state index in [-0.39, 0.29) is 18.6 Å². The van der Waals surface area contributed by atoms with Crippen LogP contribution in [0.25, 0.3) is 0 Å². The highest BCUT2D eigenvalue weighted by Crippen LogP contribution is 2.26. The first-order valence-electron chi connectivity index (χ1n) is 5.25. The highest BCUT2D eigenvalue weighted by atomic mass is 16.6. The molecule has 0 fully saturated rings. The largest absolute Gasteiger partial charge is 0.459 e. The number of nitriles is 1. The van der Waals surface area contributed by atoms with Crippen molar-refractivity contribution in [3.63, 3.8) is 0 Å². The fourth-order valence-electron chi connectivity index (χ4n) is 1.02. The maximum atomic E-state index is 11.8. The molecular weight excluding hydrogens is 206 g/mol. The molecule has 0 aliphatic carbocycles. The molecule has 1 atom stereocenters. The lowest BCUT2D eigenvalue weighted by atomic mass is 9.86. The molecule has 0 spiro atoms. The number of rotatable bonds is 4. The number of ketones is 1. The fraction of sp³-hybridized carbons (Fsp3) is 0.750. The van der Waals surface area contributed by atoms with Crippen LogP contribution in [-0.4, -0.2) is 17.4 Å². The van der Waals surface area contributed by atoms with Crippen LogP contribution in [0.3, 0.4) is 0 Å². The number of carbonyl (C=O) groups excluding carboxylic acids is 2. The Labute approximate surface area is 96.6 Å². The van der Waals surface area contributed by atoms with E-state index in [4.69, 9.17) is 10.00 Å². The summed E-state index contributed by atoms with van der Waals surface area (Å²) in [6.07, 6.45) is 0.414. The van der Waals surface area contributed by atoms with Crippen molar-refractivity contribution in [2.75, 3.05) is 0 Å². The van der Waals surface area contributed by atoms with Crippen molar-refractivity contribution in [1.82, 2.24) is 0 Å². The normalized spacial score (nSPS) is 14.8. The van der Waals surface area contributed by atoms with Crippen LogP contribution < -0.4 is 0 Å². The van der Waals surface area contributed by atoms with Gasteiger partial charge in [0.1, 0.15) is 11.4 Å². The molecule has 0 radical (unpaired) electrons. The standard InChI is InChI=1S/C12H19NO3/c1-9(14)6-7-12(5,8-13)10(15)16-11(2,3)4/h6-7H2,1-5H3/t12-/m1/s1. The van der Waals surface area contributed by atoms with Crippen LogP contribution in [-0.2, 0) is 14.3 Å². The van der Waals surface area contributed by atoms with Crippen LogP contribution in [0, 0.1) is 16.7 Å². The van der Waals surface area contributed by atoms with Gasteiger partial charge in [-0.2, -0.15) is 5.26 Å². The number of hydrogen-bond donors (Lipinski definition) is 0. The average molecular weight is 225 g/mol. The van der Waals surface area contributed by atoms with Crippen molar-refractivity contribution >= 4 is 11.8 Å². The summed E-state index contributed by atoms with van der Waals surface area (Å²) in [6, 6.07) is 1.93. The van der Waals surface area contributed by atoms with Gasteiger partial charge in [-0.05, 0) is 41.0 Å². The summed E-state index contributed by atoms with van der Waals surface area (Å²) >= 11 is 0. The summed E-state index contributed by atoms with van der Waals surface area (Å²) < 4.78 is 5.15. The maximum Gasteiger partial charge on any atom is 0.326 e. The molecule has 0 saturated heterocycles. The minimum atomic E-state index is -1.24. The minimum absolute atomic E-state index is 0.0370. The topological polar surface area (TPSA) is 67.2 Å². The monoisotopic (exact) mass is 225 g/mol. The Morgan fingerprint density at radius 3 is 2.06 bits per heavy atom. The average Bonchev–Trinajstić information content (AvgIpc) is 2.11. The molecule has 0 aliphatic heterocycles. The third-order valence-corrected chi connectivity index (χ3v) is 2.07. The van der Waals surface area contributed by atoms with E-state index in [1.54, 1.807) is 20.8 Å². The van der Waals surface area contributed by atoms with Gasteiger partial charge in [0.2, 0.25) is 0 Å². The van der Waals surface area contributed by atoms with Crippen LogP contribution in [0.4, 0.5) is 0 Å². The Bertz CT molecular complexity index is 322. The van der Waals surface area contributed by atoms with Crippen molar-refractivity contribution in [2.24, 2.45) is 5.41 Å². The smallest absolute Gasteiger partial charge is 0.326 e. The number of nitrogens with zero attached hydrogens (tertiary/aromatic N) is 1. The number of esters is 1. The second-order valence-electron chi connectivity index (χ2n) is 5.15. The molecule has 0 aromatic heterocycles. The zero-order valence-corrected chi connectivity index (χ0v) is 10.6. The predicted molar refractivity (Wildman–Crippen MR) is 59.5 cm³/mol. The second-order valence-corrected chi connectivity index (χ2v) is 5.15. The van der Waals surface area contributed by atoms with E-state index in [0.717, 1.165) is 0 Å². The number of ether oxygens (including phenoxy) is 1. The van der Waals surface area contributed by atoms with Gasteiger partial charge < -0.3 is 9.53 Å². The van der Waals surface area contributed by atoms with Gasteiger partial charge in [-0.1, -0.05) is 0 Å². The summed E-state index contributed by atoms with van der Waals surface area (Å²) in [5, 5.41) is 9.00. The Hall–Kier alpha value is -1.37. The van der Waals surface area contributed by atoms with Crippen LogP contribution >= 0.6 is 0 Å². The third-order valence-electron chi connectivity index (χ3n) is 2.07. The van der Waals surface area contributed by atoms with E-state index < -0.39 is 17.0 Å². The number of hydrogen-bond acceptors (Lipinski definition) is 4. The molecular formula is C12H19NO3. The molecule has 0 aromatic carbocycles. The molecule has 0 bridgehead atoms. The molecule has 0 aliphatic rings. The summed E-state index contributed by atoms with van der Waals surface area (Å²) in [5.41, 5.74) is -1.86. The summed E-state index contributed by atoms with van der Waals surface area (Å²) in [7, 11) is 0. The lowest BCUT2D eigenvalue weighted by Crippen LogP contribution is -2.35. The molecule has 4 nitrogen and oxygen atoms in total. The van der Waals surface area contributed by atoms with Crippen molar-refractivity contribution in [3.8, 4) is 6.07 Å². The lowest BCUT2D eigenvalue weighted by molar-refractivity contribution is -0.163. The van der Waals surface area contributed by atoms with E-state index in [1.165, 1.54) is 13.8 Å². The van der Waals surface area contributed by atoms with E-state index in [9.17, 15) is 9.59 Å². The first-order chi connectivity index (χ1) is 7.10. The van der Waals surface area contributed by atoms with Crippen molar-refractivity contribution < 1.29 is 14.3 Å². The highest BCUT2D eigenvalue weighted by Gasteiger charge is 2.37. The zero-order valence-electron chi connectivity index (χ0n) is 10.6. The lowest BCUT2D eigenvalue weighted by Gasteiger charge is -2.26. The first-order valence-corrected chi connectivity index (χ1v) is 5.25. The molecule has 0 rings (SSSR count). The molecule has 90 valence electrons. The van der Waals surface area contributed by atoms with Crippen LogP contribution in [0.15, 0.2) is 0 Å². The highest BCUT2D eigenvalue weighted by molar-refractivity contribution is 5.81. The van der Waals surface area contributed by atoms with E-state index in [1.807, 2.05) is 6.07 Å². The zero-order chi connectivity index (χ0) is 13.0. The van der Waals surface area contributed by atoms with Crippen molar-refractivity contribution in [3.05, 3.63) is 0 Å². The van der Waals surface area contributed by atoms with Crippen LogP contribution in [0.2, 0.25) is 0 Å². The number of carbonyl (C=O) groups is 2. The summed E-state index contributed by atoms with van der Waals surface area (Å²) in [6.45, 7) is 8.17. The Morgan fingerprint density at radius 2 is 1.75 bits per heavy atom. The SMILES string of the molecule is CC(=O)CC[C@](C)(C#N)C(=O)OC(C)(C)C. The third kappa shape index (κ3) is 4.92. The number of Topliss-reactive ketones (excluding diaryl/α,β-unsaturated/α-hetero) is 1. The van der Waals surface area contributed by atoms with E-state index in [2.05, 4.69) is 0 Å². The quantitative estimate of drug-likeness (QED) is 0.688. The van der Waals surface area contributed by atoms with Crippen molar-refractivity contribution in [2.45, 2.75) is 53.1 Å². The van der Waals surface area contributed by atoms with Gasteiger partial charge in [0.05, 0.1) is 6.07 Å². The molecule has 16 heavy (non-hydrogen) atoms. The van der Waals surface area contributed by atoms with Gasteiger partial charge in [-0.25, -0.2) is 0 Å². The van der Waals surface area contributed by atoms with Crippen LogP contribution in [0.5, 0.6) is 0 Å². The molecule has 4 heteroatoms. The Balaban J connectivity index is 4.64. The Kier molecular flexibility index (Phi) is 4.67. The van der Waals surface area contributed by atoms with Gasteiger partial charge >= 0.3 is 5.97 Å². The Morgan fingerprint density at radius 1 is 1.25 bits per heavy atom. The maximum absolute atomic E-state index is 11.8. The molecule has 0 saturated carbocycles. The van der Waals surface area contributed by atoms with E-state index >= 15 is 0 Å². The molecule has 0 heterocycles. The van der Waals surface area contributed by atoms with Gasteiger partial charge in [0.15, 0.2) is 5.41 Å². The minimum Gasteiger partial charge on any atom is -0.459 e.